The maximum atomic E-state index is 12.3. The Morgan fingerprint density at radius 2 is 0.977 bits per heavy atom. The molecule has 0 radical (unpaired) electrons. The highest BCUT2D eigenvalue weighted by atomic mass is 16.8. The van der Waals surface area contributed by atoms with Gasteiger partial charge in [0.2, 0.25) is 0 Å². The van der Waals surface area contributed by atoms with Crippen molar-refractivity contribution in [2.24, 2.45) is 0 Å². The number of ether oxygens (including phenoxy) is 6. The molecule has 2 saturated heterocycles. The van der Waals surface area contributed by atoms with Gasteiger partial charge in [-0.15, -0.1) is 0 Å². The van der Waals surface area contributed by atoms with Crippen molar-refractivity contribution in [2.75, 3.05) is 14.2 Å². The lowest BCUT2D eigenvalue weighted by molar-refractivity contribution is -0.168. The normalized spacial score (nSPS) is 23.9. The van der Waals surface area contributed by atoms with E-state index in [1.807, 2.05) is 48.5 Å². The van der Waals surface area contributed by atoms with Gasteiger partial charge in [-0.3, -0.25) is 0 Å². The first-order valence-electron chi connectivity index (χ1n) is 14.1. The number of benzene rings is 2. The zero-order valence-corrected chi connectivity index (χ0v) is 25.2. The van der Waals surface area contributed by atoms with E-state index >= 15 is 0 Å². The number of carbonyl (C=O) groups is 2. The summed E-state index contributed by atoms with van der Waals surface area (Å²) < 4.78 is 33.1. The lowest BCUT2D eigenvalue weighted by Gasteiger charge is -2.15. The van der Waals surface area contributed by atoms with Crippen LogP contribution in [0.2, 0.25) is 0 Å². The average Bonchev–Trinajstić information content (AvgIpc) is 3.81. The minimum atomic E-state index is -0.947. The number of nitrogens with zero attached hydrogens (tertiary/aromatic N) is 2. The van der Waals surface area contributed by atoms with Gasteiger partial charge in [-0.25, -0.2) is 19.6 Å². The quantitative estimate of drug-likeness (QED) is 0.264. The fraction of sp³-hybridized carbons (Fsp3) is 0.375. The molecule has 44 heavy (non-hydrogen) atoms. The highest BCUT2D eigenvalue weighted by molar-refractivity contribution is 5.77. The summed E-state index contributed by atoms with van der Waals surface area (Å²) in [6.07, 6.45) is 0.157. The summed E-state index contributed by atoms with van der Waals surface area (Å²) in [5, 5.41) is 0. The highest BCUT2D eigenvalue weighted by Crippen LogP contribution is 2.39. The lowest BCUT2D eigenvalue weighted by atomic mass is 10.0. The maximum absolute atomic E-state index is 12.3. The Kier molecular flexibility index (Phi) is 7.62. The van der Waals surface area contributed by atoms with Gasteiger partial charge in [0.25, 0.3) is 0 Å². The van der Waals surface area contributed by atoms with Crippen molar-refractivity contribution >= 4 is 11.9 Å². The van der Waals surface area contributed by atoms with Crippen molar-refractivity contribution in [3.05, 3.63) is 72.6 Å². The summed E-state index contributed by atoms with van der Waals surface area (Å²) in [6, 6.07) is 16.1. The number of aromatic amines is 2. The number of esters is 2. The van der Waals surface area contributed by atoms with Crippen LogP contribution < -0.4 is 0 Å². The number of nitrogens with one attached hydrogen (secondary N) is 2. The van der Waals surface area contributed by atoms with Crippen molar-refractivity contribution in [1.29, 1.82) is 0 Å². The molecule has 2 aliphatic heterocycles. The topological polar surface area (TPSA) is 147 Å². The molecule has 2 aliphatic rings. The van der Waals surface area contributed by atoms with Crippen LogP contribution in [0.25, 0.3) is 33.6 Å². The predicted octanol–water partition coefficient (Wildman–Crippen LogP) is 5.36. The number of hydrogen-bond acceptors (Lipinski definition) is 10. The SMILES string of the molecule is COC(=O)C1OC(C)(C)OC1c1ncc(-c2ccc(-c3ccc(-c4cnc([C@@H]5OC(C)(C)O[C@H]5C(=O)OC)[nH]4)cc3)cc2)[nH]1.[HH].[HH]. The Bertz CT molecular complexity index is 1550. The minimum Gasteiger partial charge on any atom is -0.467 e. The molecule has 4 aromatic rings. The fourth-order valence-corrected chi connectivity index (χ4v) is 5.44. The van der Waals surface area contributed by atoms with E-state index in [-0.39, 0.29) is 2.85 Å². The first-order valence-corrected chi connectivity index (χ1v) is 14.1. The first-order chi connectivity index (χ1) is 21.0. The average molecular weight is 607 g/mol. The van der Waals surface area contributed by atoms with E-state index in [0.29, 0.717) is 11.6 Å². The molecule has 0 bridgehead atoms. The molecular weight excluding hydrogens is 568 g/mol. The molecule has 4 atom stereocenters. The van der Waals surface area contributed by atoms with Crippen LogP contribution >= 0.6 is 0 Å². The first kappa shape index (κ1) is 29.7. The predicted molar refractivity (Wildman–Crippen MR) is 161 cm³/mol. The number of carbonyl (C=O) groups excluding carboxylic acids is 2. The van der Waals surface area contributed by atoms with Crippen molar-refractivity contribution in [3.63, 3.8) is 0 Å². The van der Waals surface area contributed by atoms with Crippen molar-refractivity contribution < 1.29 is 40.9 Å². The van der Waals surface area contributed by atoms with Gasteiger partial charge >= 0.3 is 11.9 Å². The van der Waals surface area contributed by atoms with E-state index in [4.69, 9.17) is 28.4 Å². The van der Waals surface area contributed by atoms with Gasteiger partial charge in [-0.05, 0) is 49.9 Å². The molecule has 0 spiro atoms. The van der Waals surface area contributed by atoms with Crippen LogP contribution in [-0.2, 0) is 38.0 Å². The molecule has 234 valence electrons. The number of aromatic nitrogens is 4. The van der Waals surface area contributed by atoms with Gasteiger partial charge < -0.3 is 38.4 Å². The summed E-state index contributed by atoms with van der Waals surface area (Å²) in [5.74, 6) is -1.96. The molecule has 12 heteroatoms. The number of imidazole rings is 2. The molecule has 12 nitrogen and oxygen atoms in total. The second-order valence-corrected chi connectivity index (χ2v) is 11.5. The lowest BCUT2D eigenvalue weighted by Crippen LogP contribution is -2.29. The molecule has 0 saturated carbocycles. The number of H-pyrrole nitrogens is 2. The summed E-state index contributed by atoms with van der Waals surface area (Å²) in [6.45, 7) is 6.97. The van der Waals surface area contributed by atoms with E-state index in [0.717, 1.165) is 33.6 Å². The Labute approximate surface area is 257 Å². The molecule has 6 rings (SSSR count). The van der Waals surface area contributed by atoms with Gasteiger partial charge in [0.05, 0.1) is 38.0 Å². The van der Waals surface area contributed by atoms with Crippen LogP contribution in [0.4, 0.5) is 0 Å². The summed E-state index contributed by atoms with van der Waals surface area (Å²) >= 11 is 0. The van der Waals surface area contributed by atoms with Gasteiger partial charge in [0, 0.05) is 2.85 Å². The second kappa shape index (κ2) is 11.3. The van der Waals surface area contributed by atoms with Crippen LogP contribution in [-0.4, -0.2) is 69.9 Å². The van der Waals surface area contributed by atoms with E-state index in [9.17, 15) is 9.59 Å². The van der Waals surface area contributed by atoms with Crippen molar-refractivity contribution in [2.45, 2.75) is 63.7 Å². The Morgan fingerprint density at radius 3 is 1.32 bits per heavy atom. The van der Waals surface area contributed by atoms with Crippen LogP contribution in [0, 0.1) is 0 Å². The van der Waals surface area contributed by atoms with E-state index in [1.165, 1.54) is 14.2 Å². The zero-order valence-electron chi connectivity index (χ0n) is 25.2. The molecular formula is C32H38N4O8. The Balaban J connectivity index is 0.00000240. The van der Waals surface area contributed by atoms with Gasteiger partial charge in [0.15, 0.2) is 36.0 Å². The van der Waals surface area contributed by atoms with Crippen LogP contribution in [0.15, 0.2) is 60.9 Å². The number of rotatable bonds is 7. The Hall–Kier alpha value is -4.36. The molecule has 2 fully saturated rings. The fourth-order valence-electron chi connectivity index (χ4n) is 5.44. The zero-order chi connectivity index (χ0) is 31.2. The van der Waals surface area contributed by atoms with Crippen LogP contribution in [0.5, 0.6) is 0 Å². The molecule has 2 aromatic carbocycles. The van der Waals surface area contributed by atoms with Gasteiger partial charge in [-0.1, -0.05) is 48.5 Å². The van der Waals surface area contributed by atoms with E-state index in [2.05, 4.69) is 19.9 Å². The summed E-state index contributed by atoms with van der Waals surface area (Å²) in [5.41, 5.74) is 5.48. The van der Waals surface area contributed by atoms with Crippen LogP contribution in [0.1, 0.15) is 54.4 Å². The van der Waals surface area contributed by atoms with Crippen molar-refractivity contribution in [1.82, 2.24) is 19.9 Å². The largest absolute Gasteiger partial charge is 0.467 e. The molecule has 2 N–H and O–H groups in total. The monoisotopic (exact) mass is 606 g/mol. The molecule has 0 amide bonds. The molecule has 0 aliphatic carbocycles. The smallest absolute Gasteiger partial charge is 0.338 e. The maximum Gasteiger partial charge on any atom is 0.338 e. The Morgan fingerprint density at radius 1 is 0.636 bits per heavy atom. The summed E-state index contributed by atoms with van der Waals surface area (Å²) in [4.78, 5) is 40.0. The van der Waals surface area contributed by atoms with Crippen molar-refractivity contribution in [3.8, 4) is 33.6 Å². The van der Waals surface area contributed by atoms with E-state index in [1.54, 1.807) is 40.1 Å². The number of hydrogen-bond donors (Lipinski definition) is 2. The van der Waals surface area contributed by atoms with E-state index < -0.39 is 47.9 Å². The van der Waals surface area contributed by atoms with Crippen LogP contribution in [0.3, 0.4) is 0 Å². The minimum absolute atomic E-state index is 0. The third-order valence-corrected chi connectivity index (χ3v) is 7.52. The van der Waals surface area contributed by atoms with Gasteiger partial charge in [-0.2, -0.15) is 0 Å². The van der Waals surface area contributed by atoms with Gasteiger partial charge in [0.1, 0.15) is 11.6 Å². The molecule has 2 aromatic heterocycles. The standard InChI is InChI=1S/C32H34N4O8.2H2/c1-31(2)41-23(25(43-31)29(37)39-5)27-33-15-21(35-27)19-11-7-17(8-12-19)18-9-13-20(14-10-18)22-16-34-28(36-22)24-26(30(38)40-6)44-32(3,4)42-24;;/h7-16,23-26H,1-6H3,(H,33,35)(H,34,36);2*1H/t23-,24?,25-,26?;;/m1../s1. The third-order valence-electron chi connectivity index (χ3n) is 7.52. The molecule has 2 unspecified atom stereocenters. The summed E-state index contributed by atoms with van der Waals surface area (Å²) in [7, 11) is 2.63. The third kappa shape index (κ3) is 5.76. The molecule has 4 heterocycles. The highest BCUT2D eigenvalue weighted by Gasteiger charge is 2.49. The number of methoxy groups -OCH3 is 2. The second-order valence-electron chi connectivity index (χ2n) is 11.5.